The molecule has 0 aromatic heterocycles. The number of ketones is 1. The van der Waals surface area contributed by atoms with E-state index in [9.17, 15) is 9.59 Å². The Labute approximate surface area is 172 Å². The van der Waals surface area contributed by atoms with Crippen molar-refractivity contribution in [3.05, 3.63) is 54.1 Å². The number of likely N-dealkylation sites (N-methyl/N-ethyl adjacent to an activating group) is 1. The largest absolute Gasteiger partial charge is 0.494 e. The van der Waals surface area contributed by atoms with Gasteiger partial charge in [0, 0.05) is 56.0 Å². The Morgan fingerprint density at radius 3 is 2.21 bits per heavy atom. The van der Waals surface area contributed by atoms with Crippen molar-refractivity contribution in [2.45, 2.75) is 19.8 Å². The van der Waals surface area contributed by atoms with Crippen LogP contribution in [0.25, 0.3) is 0 Å². The van der Waals surface area contributed by atoms with Crippen LogP contribution in [0, 0.1) is 0 Å². The Kier molecular flexibility index (Phi) is 7.25. The number of carbonyl (C=O) groups is 2. The number of Topliss-reactive ketones (excluding diaryl/α,β-unsaturated/α-hetero) is 1. The second-order valence-electron chi connectivity index (χ2n) is 7.27. The average molecular weight is 396 g/mol. The molecule has 29 heavy (non-hydrogen) atoms. The van der Waals surface area contributed by atoms with Gasteiger partial charge in [0.05, 0.1) is 6.61 Å². The molecular formula is C23H29N3O3. The normalized spacial score (nSPS) is 14.5. The van der Waals surface area contributed by atoms with Gasteiger partial charge in [-0.3, -0.25) is 9.59 Å². The van der Waals surface area contributed by atoms with Crippen LogP contribution in [0.2, 0.25) is 0 Å². The van der Waals surface area contributed by atoms with Crippen molar-refractivity contribution in [3.63, 3.8) is 0 Å². The van der Waals surface area contributed by atoms with Crippen LogP contribution in [0.5, 0.6) is 5.75 Å². The molecule has 6 heteroatoms. The number of anilines is 2. The maximum absolute atomic E-state index is 12.3. The van der Waals surface area contributed by atoms with E-state index in [1.807, 2.05) is 31.2 Å². The lowest BCUT2D eigenvalue weighted by atomic mass is 10.1. The Morgan fingerprint density at radius 1 is 0.931 bits per heavy atom. The number of hydrogen-bond acceptors (Lipinski definition) is 5. The fraction of sp³-hybridized carbons (Fsp3) is 0.391. The minimum atomic E-state index is -0.156. The van der Waals surface area contributed by atoms with E-state index < -0.39 is 0 Å². The zero-order chi connectivity index (χ0) is 20.6. The third-order valence-corrected chi connectivity index (χ3v) is 5.09. The van der Waals surface area contributed by atoms with Gasteiger partial charge in [0.2, 0.25) is 5.91 Å². The van der Waals surface area contributed by atoms with Crippen molar-refractivity contribution in [3.8, 4) is 5.75 Å². The fourth-order valence-corrected chi connectivity index (χ4v) is 3.32. The molecule has 1 aliphatic heterocycles. The first-order valence-electron chi connectivity index (χ1n) is 10.1. The monoisotopic (exact) mass is 395 g/mol. The quantitative estimate of drug-likeness (QED) is 0.694. The summed E-state index contributed by atoms with van der Waals surface area (Å²) in [6.45, 7) is 6.63. The Hall–Kier alpha value is -2.86. The maximum atomic E-state index is 12.3. The molecule has 0 unspecified atom stereocenters. The smallest absolute Gasteiger partial charge is 0.224 e. The molecule has 1 amide bonds. The van der Waals surface area contributed by atoms with Crippen molar-refractivity contribution >= 4 is 23.1 Å². The first kappa shape index (κ1) is 20.9. The summed E-state index contributed by atoms with van der Waals surface area (Å²) in [6.07, 6.45) is 0.339. The number of piperazine rings is 1. The zero-order valence-electron chi connectivity index (χ0n) is 17.2. The van der Waals surface area contributed by atoms with Gasteiger partial charge in [0.15, 0.2) is 5.78 Å². The van der Waals surface area contributed by atoms with E-state index in [0.717, 1.165) is 37.6 Å². The molecule has 1 saturated heterocycles. The SMILES string of the molecule is CCOc1ccc(C(=O)CCC(=O)Nc2ccc(N3CCN(C)CC3)cc2)cc1. The van der Waals surface area contributed by atoms with Crippen molar-refractivity contribution in [1.29, 1.82) is 0 Å². The van der Waals surface area contributed by atoms with Crippen molar-refractivity contribution in [2.75, 3.05) is 50.1 Å². The molecule has 1 heterocycles. The number of benzene rings is 2. The summed E-state index contributed by atoms with van der Waals surface area (Å²) >= 11 is 0. The Morgan fingerprint density at radius 2 is 1.59 bits per heavy atom. The van der Waals surface area contributed by atoms with Gasteiger partial charge in [-0.1, -0.05) is 0 Å². The van der Waals surface area contributed by atoms with Crippen LogP contribution in [0.15, 0.2) is 48.5 Å². The summed E-state index contributed by atoms with van der Waals surface area (Å²) in [6, 6.07) is 14.9. The second kappa shape index (κ2) is 10.1. The van der Waals surface area contributed by atoms with Crippen LogP contribution in [0.1, 0.15) is 30.1 Å². The molecule has 154 valence electrons. The highest BCUT2D eigenvalue weighted by atomic mass is 16.5. The van der Waals surface area contributed by atoms with Crippen LogP contribution in [-0.2, 0) is 4.79 Å². The number of nitrogens with zero attached hydrogens (tertiary/aromatic N) is 2. The van der Waals surface area contributed by atoms with E-state index in [-0.39, 0.29) is 24.5 Å². The van der Waals surface area contributed by atoms with Crippen molar-refractivity contribution in [2.24, 2.45) is 0 Å². The van der Waals surface area contributed by atoms with E-state index in [4.69, 9.17) is 4.74 Å². The molecule has 3 rings (SSSR count). The number of amides is 1. The van der Waals surface area contributed by atoms with Crippen molar-refractivity contribution < 1.29 is 14.3 Å². The molecule has 0 bridgehead atoms. The standard InChI is InChI=1S/C23H29N3O3/c1-3-29-21-10-4-18(5-11-21)22(27)12-13-23(28)24-19-6-8-20(9-7-19)26-16-14-25(2)15-17-26/h4-11H,3,12-17H2,1-2H3,(H,24,28). The molecular weight excluding hydrogens is 366 g/mol. The molecule has 1 N–H and O–H groups in total. The molecule has 0 spiro atoms. The number of rotatable bonds is 8. The predicted octanol–water partition coefficient (Wildman–Crippen LogP) is 3.44. The third-order valence-electron chi connectivity index (χ3n) is 5.09. The van der Waals surface area contributed by atoms with Gasteiger partial charge in [0.25, 0.3) is 0 Å². The van der Waals surface area contributed by atoms with Gasteiger partial charge in [-0.25, -0.2) is 0 Å². The van der Waals surface area contributed by atoms with Gasteiger partial charge < -0.3 is 19.9 Å². The summed E-state index contributed by atoms with van der Waals surface area (Å²) in [5, 5.41) is 2.87. The lowest BCUT2D eigenvalue weighted by Gasteiger charge is -2.34. The number of nitrogens with one attached hydrogen (secondary N) is 1. The molecule has 6 nitrogen and oxygen atoms in total. The number of ether oxygens (including phenoxy) is 1. The lowest BCUT2D eigenvalue weighted by Crippen LogP contribution is -2.44. The highest BCUT2D eigenvalue weighted by Crippen LogP contribution is 2.20. The summed E-state index contributed by atoms with van der Waals surface area (Å²) in [5.41, 5.74) is 2.51. The molecule has 2 aromatic rings. The van der Waals surface area contributed by atoms with Crippen LogP contribution in [0.3, 0.4) is 0 Å². The van der Waals surface area contributed by atoms with Crippen LogP contribution in [-0.4, -0.2) is 56.4 Å². The third kappa shape index (κ3) is 6.06. The minimum Gasteiger partial charge on any atom is -0.494 e. The fourth-order valence-electron chi connectivity index (χ4n) is 3.32. The highest BCUT2D eigenvalue weighted by molar-refractivity contribution is 6.00. The average Bonchev–Trinajstić information content (AvgIpc) is 2.74. The predicted molar refractivity (Wildman–Crippen MR) is 116 cm³/mol. The Balaban J connectivity index is 1.46. The van der Waals surface area contributed by atoms with E-state index in [1.54, 1.807) is 24.3 Å². The van der Waals surface area contributed by atoms with Gasteiger partial charge in [-0.15, -0.1) is 0 Å². The summed E-state index contributed by atoms with van der Waals surface area (Å²) in [5.74, 6) is 0.534. The highest BCUT2D eigenvalue weighted by Gasteiger charge is 2.14. The van der Waals surface area contributed by atoms with Gasteiger partial charge in [-0.2, -0.15) is 0 Å². The maximum Gasteiger partial charge on any atom is 0.224 e. The second-order valence-corrected chi connectivity index (χ2v) is 7.27. The van der Waals surface area contributed by atoms with E-state index in [0.29, 0.717) is 12.2 Å². The molecule has 1 aliphatic rings. The number of hydrogen-bond donors (Lipinski definition) is 1. The van der Waals surface area contributed by atoms with Gasteiger partial charge in [-0.05, 0) is 62.5 Å². The summed E-state index contributed by atoms with van der Waals surface area (Å²) in [7, 11) is 2.14. The van der Waals surface area contributed by atoms with Gasteiger partial charge in [0.1, 0.15) is 5.75 Å². The lowest BCUT2D eigenvalue weighted by molar-refractivity contribution is -0.116. The molecule has 0 radical (unpaired) electrons. The van der Waals surface area contributed by atoms with E-state index in [2.05, 4.69) is 22.2 Å². The summed E-state index contributed by atoms with van der Waals surface area (Å²) < 4.78 is 5.38. The van der Waals surface area contributed by atoms with Crippen LogP contribution in [0.4, 0.5) is 11.4 Å². The number of carbonyl (C=O) groups excluding carboxylic acids is 2. The van der Waals surface area contributed by atoms with Crippen molar-refractivity contribution in [1.82, 2.24) is 4.90 Å². The van der Waals surface area contributed by atoms with E-state index >= 15 is 0 Å². The van der Waals surface area contributed by atoms with Crippen LogP contribution >= 0.6 is 0 Å². The molecule has 0 aliphatic carbocycles. The topological polar surface area (TPSA) is 61.9 Å². The first-order chi connectivity index (χ1) is 14.0. The first-order valence-corrected chi connectivity index (χ1v) is 10.1. The Bertz CT molecular complexity index is 810. The van der Waals surface area contributed by atoms with Gasteiger partial charge >= 0.3 is 0 Å². The molecule has 0 saturated carbocycles. The molecule has 1 fully saturated rings. The van der Waals surface area contributed by atoms with E-state index in [1.165, 1.54) is 5.69 Å². The minimum absolute atomic E-state index is 0.0476. The molecule has 0 atom stereocenters. The summed E-state index contributed by atoms with van der Waals surface area (Å²) in [4.78, 5) is 29.2. The molecule has 2 aromatic carbocycles. The zero-order valence-corrected chi connectivity index (χ0v) is 17.2. The van der Waals surface area contributed by atoms with Crippen LogP contribution < -0.4 is 15.0 Å².